The molecule has 0 heterocycles. The summed E-state index contributed by atoms with van der Waals surface area (Å²) in [6.07, 6.45) is 6.92. The Morgan fingerprint density at radius 3 is 2.38 bits per heavy atom. The Balaban J connectivity index is 1.79. The molecule has 0 atom stereocenters. The summed E-state index contributed by atoms with van der Waals surface area (Å²) in [4.78, 5) is 23.8. The summed E-state index contributed by atoms with van der Waals surface area (Å²) in [6.45, 7) is 6.07. The predicted octanol–water partition coefficient (Wildman–Crippen LogP) is 2.76. The fourth-order valence-electron chi connectivity index (χ4n) is 3.28. The summed E-state index contributed by atoms with van der Waals surface area (Å²) < 4.78 is 0. The van der Waals surface area contributed by atoms with Gasteiger partial charge in [-0.1, -0.05) is 37.0 Å². The molecule has 1 aromatic rings. The van der Waals surface area contributed by atoms with Gasteiger partial charge in [-0.3, -0.25) is 9.59 Å². The molecule has 0 unspecified atom stereocenters. The number of nitrogens with one attached hydrogen (secondary N) is 2. The predicted molar refractivity (Wildman–Crippen MR) is 96.0 cm³/mol. The number of benzene rings is 1. The van der Waals surface area contributed by atoms with E-state index in [2.05, 4.69) is 34.9 Å². The molecule has 2 rings (SSSR count). The van der Waals surface area contributed by atoms with Crippen molar-refractivity contribution < 1.29 is 9.59 Å². The molecule has 0 aliphatic heterocycles. The second-order valence-electron chi connectivity index (χ2n) is 6.66. The van der Waals surface area contributed by atoms with Crippen molar-refractivity contribution in [3.05, 3.63) is 34.4 Å². The van der Waals surface area contributed by atoms with Crippen molar-refractivity contribution in [3.63, 3.8) is 0 Å². The highest BCUT2D eigenvalue weighted by Gasteiger charge is 2.21. The Labute approximate surface area is 143 Å². The van der Waals surface area contributed by atoms with E-state index in [0.717, 1.165) is 42.4 Å². The van der Waals surface area contributed by atoms with Gasteiger partial charge in [0, 0.05) is 11.5 Å². The van der Waals surface area contributed by atoms with Crippen LogP contribution in [0, 0.1) is 26.7 Å². The van der Waals surface area contributed by atoms with Crippen LogP contribution < -0.4 is 10.7 Å². The third-order valence-electron chi connectivity index (χ3n) is 4.52. The number of hydrogen-bond donors (Lipinski definition) is 2. The summed E-state index contributed by atoms with van der Waals surface area (Å²) in [6, 6.07) is 4.17. The largest absolute Gasteiger partial charge is 0.347 e. The smallest absolute Gasteiger partial charge is 0.259 e. The zero-order valence-electron chi connectivity index (χ0n) is 14.8. The summed E-state index contributed by atoms with van der Waals surface area (Å²) >= 11 is 0. The van der Waals surface area contributed by atoms with E-state index in [9.17, 15) is 9.59 Å². The zero-order valence-corrected chi connectivity index (χ0v) is 14.8. The van der Waals surface area contributed by atoms with E-state index in [1.165, 1.54) is 12.0 Å². The normalized spacial score (nSPS) is 15.5. The SMILES string of the molecule is Cc1cc(C)c(/C=N/NC(=O)CNC(=O)C2CCCCC2)c(C)c1. The lowest BCUT2D eigenvalue weighted by Gasteiger charge is -2.20. The lowest BCUT2D eigenvalue weighted by molar-refractivity contribution is -0.129. The minimum absolute atomic E-state index is 0.0148. The molecule has 0 bridgehead atoms. The van der Waals surface area contributed by atoms with Gasteiger partial charge in [-0.25, -0.2) is 5.43 Å². The Hall–Kier alpha value is -2.17. The summed E-state index contributed by atoms with van der Waals surface area (Å²) in [5.41, 5.74) is 6.93. The van der Waals surface area contributed by atoms with Gasteiger partial charge in [-0.2, -0.15) is 5.10 Å². The number of nitrogens with zero attached hydrogens (tertiary/aromatic N) is 1. The van der Waals surface area contributed by atoms with Crippen molar-refractivity contribution in [2.45, 2.75) is 52.9 Å². The van der Waals surface area contributed by atoms with Crippen LogP contribution in [-0.2, 0) is 9.59 Å². The fraction of sp³-hybridized carbons (Fsp3) is 0.526. The molecule has 0 spiro atoms. The minimum atomic E-state index is -0.308. The van der Waals surface area contributed by atoms with Gasteiger partial charge in [-0.05, 0) is 44.7 Å². The van der Waals surface area contributed by atoms with Crippen molar-refractivity contribution in [1.29, 1.82) is 0 Å². The van der Waals surface area contributed by atoms with Crippen LogP contribution in [0.1, 0.15) is 54.4 Å². The fourth-order valence-corrected chi connectivity index (χ4v) is 3.28. The van der Waals surface area contributed by atoms with Gasteiger partial charge in [0.1, 0.15) is 0 Å². The number of hydrazone groups is 1. The van der Waals surface area contributed by atoms with Crippen LogP contribution >= 0.6 is 0 Å². The molecule has 1 aliphatic rings. The molecule has 24 heavy (non-hydrogen) atoms. The molecule has 1 aliphatic carbocycles. The molecule has 1 fully saturated rings. The summed E-state index contributed by atoms with van der Waals surface area (Å²) in [7, 11) is 0. The van der Waals surface area contributed by atoms with E-state index in [1.54, 1.807) is 6.21 Å². The number of carbonyl (C=O) groups is 2. The van der Waals surface area contributed by atoms with Crippen LogP contribution in [0.4, 0.5) is 0 Å². The lowest BCUT2D eigenvalue weighted by atomic mass is 9.89. The molecular weight excluding hydrogens is 302 g/mol. The van der Waals surface area contributed by atoms with Gasteiger partial charge in [0.25, 0.3) is 5.91 Å². The van der Waals surface area contributed by atoms with E-state index < -0.39 is 0 Å². The molecule has 0 aromatic heterocycles. The van der Waals surface area contributed by atoms with Crippen molar-refractivity contribution in [3.8, 4) is 0 Å². The second kappa shape index (κ2) is 8.62. The van der Waals surface area contributed by atoms with Gasteiger partial charge in [-0.15, -0.1) is 0 Å². The average Bonchev–Trinajstić information content (AvgIpc) is 2.55. The van der Waals surface area contributed by atoms with Crippen LogP contribution in [-0.4, -0.2) is 24.6 Å². The standard InChI is InChI=1S/C19H27N3O2/c1-13-9-14(2)17(15(3)10-13)11-21-22-18(23)12-20-19(24)16-7-5-4-6-8-16/h9-11,16H,4-8,12H2,1-3H3,(H,20,24)(H,22,23)/b21-11+. The number of hydrogen-bond acceptors (Lipinski definition) is 3. The first-order chi connectivity index (χ1) is 11.5. The molecule has 2 amide bonds. The number of rotatable bonds is 5. The zero-order chi connectivity index (χ0) is 17.5. The molecule has 0 saturated heterocycles. The molecule has 0 radical (unpaired) electrons. The Kier molecular flexibility index (Phi) is 6.53. The maximum atomic E-state index is 12.0. The number of carbonyl (C=O) groups excluding carboxylic acids is 2. The summed E-state index contributed by atoms with van der Waals surface area (Å²) in [5, 5.41) is 6.71. The van der Waals surface area contributed by atoms with Crippen LogP contribution in [0.3, 0.4) is 0 Å². The lowest BCUT2D eigenvalue weighted by Crippen LogP contribution is -2.38. The molecule has 130 valence electrons. The van der Waals surface area contributed by atoms with Crippen LogP contribution in [0.2, 0.25) is 0 Å². The molecule has 1 saturated carbocycles. The Morgan fingerprint density at radius 1 is 1.12 bits per heavy atom. The highest BCUT2D eigenvalue weighted by Crippen LogP contribution is 2.23. The number of aryl methyl sites for hydroxylation is 3. The maximum Gasteiger partial charge on any atom is 0.259 e. The van der Waals surface area contributed by atoms with Crippen LogP contribution in [0.25, 0.3) is 0 Å². The van der Waals surface area contributed by atoms with Gasteiger partial charge < -0.3 is 5.32 Å². The minimum Gasteiger partial charge on any atom is -0.347 e. The van der Waals surface area contributed by atoms with Gasteiger partial charge in [0.15, 0.2) is 0 Å². The van der Waals surface area contributed by atoms with E-state index in [-0.39, 0.29) is 24.3 Å². The Bertz CT molecular complexity index is 608. The van der Waals surface area contributed by atoms with E-state index >= 15 is 0 Å². The van der Waals surface area contributed by atoms with Crippen molar-refractivity contribution >= 4 is 18.0 Å². The third-order valence-corrected chi connectivity index (χ3v) is 4.52. The molecule has 5 nitrogen and oxygen atoms in total. The van der Waals surface area contributed by atoms with Crippen molar-refractivity contribution in [2.24, 2.45) is 11.0 Å². The first-order valence-corrected chi connectivity index (χ1v) is 8.65. The monoisotopic (exact) mass is 329 g/mol. The molecule has 5 heteroatoms. The molecule has 1 aromatic carbocycles. The van der Waals surface area contributed by atoms with E-state index in [1.807, 2.05) is 13.8 Å². The van der Waals surface area contributed by atoms with Crippen LogP contribution in [0.15, 0.2) is 17.2 Å². The second-order valence-corrected chi connectivity index (χ2v) is 6.66. The van der Waals surface area contributed by atoms with Gasteiger partial charge in [0.05, 0.1) is 12.8 Å². The first kappa shape index (κ1) is 18.2. The van der Waals surface area contributed by atoms with Crippen molar-refractivity contribution in [2.75, 3.05) is 6.54 Å². The average molecular weight is 329 g/mol. The number of amides is 2. The van der Waals surface area contributed by atoms with Gasteiger partial charge in [0.2, 0.25) is 5.91 Å². The quantitative estimate of drug-likeness (QED) is 0.644. The van der Waals surface area contributed by atoms with E-state index in [4.69, 9.17) is 0 Å². The molecular formula is C19H27N3O2. The van der Waals surface area contributed by atoms with Gasteiger partial charge >= 0.3 is 0 Å². The third kappa shape index (κ3) is 5.18. The van der Waals surface area contributed by atoms with Crippen LogP contribution in [0.5, 0.6) is 0 Å². The van der Waals surface area contributed by atoms with Crippen molar-refractivity contribution in [1.82, 2.24) is 10.7 Å². The first-order valence-electron chi connectivity index (χ1n) is 8.65. The maximum absolute atomic E-state index is 12.0. The highest BCUT2D eigenvalue weighted by molar-refractivity contribution is 5.88. The summed E-state index contributed by atoms with van der Waals surface area (Å²) in [5.74, 6) is -0.259. The Morgan fingerprint density at radius 2 is 1.75 bits per heavy atom. The highest BCUT2D eigenvalue weighted by atomic mass is 16.2. The van der Waals surface area contributed by atoms with E-state index in [0.29, 0.717) is 0 Å². The molecule has 2 N–H and O–H groups in total. The topological polar surface area (TPSA) is 70.6 Å².